The van der Waals surface area contributed by atoms with E-state index in [1.54, 1.807) is 0 Å². The third-order valence-corrected chi connectivity index (χ3v) is 0. The van der Waals surface area contributed by atoms with Gasteiger partial charge in [-0.2, -0.15) is 0 Å². The molecule has 0 aromatic rings. The van der Waals surface area contributed by atoms with E-state index in [9.17, 15) is 0 Å². The van der Waals surface area contributed by atoms with Crippen LogP contribution in [0.15, 0.2) is 0 Å². The molecule has 0 aromatic heterocycles. The summed E-state index contributed by atoms with van der Waals surface area (Å²) in [5.41, 5.74) is 0. The topological polar surface area (TPSA) is 85.5 Å². The molecular weight excluding hydrogens is 280 g/mol. The molecule has 0 aliphatic carbocycles. The second-order valence-corrected chi connectivity index (χ2v) is 0. The number of hydrogen-bond acceptors (Lipinski definition) is 0. The van der Waals surface area contributed by atoms with E-state index in [2.05, 4.69) is 0 Å². The first-order valence-corrected chi connectivity index (χ1v) is 0. The maximum Gasteiger partial charge on any atom is 2.00 e. The van der Waals surface area contributed by atoms with Crippen LogP contribution in [0.4, 0.5) is 0 Å². The van der Waals surface area contributed by atoms with Crippen molar-refractivity contribution in [3.05, 3.63) is 0 Å². The van der Waals surface area contributed by atoms with E-state index in [0.717, 1.165) is 0 Å². The van der Waals surface area contributed by atoms with Crippen molar-refractivity contribution in [2.75, 3.05) is 0 Å². The SMILES string of the molecule is [Ba+2].[Ca+2].[Mn+2].[O-2].[O-2].[O-2]. The minimum absolute atomic E-state index is 0. The molecule has 1 radical (unpaired) electrons. The van der Waals surface area contributed by atoms with Gasteiger partial charge in [-0.05, 0) is 0 Å². The zero-order chi connectivity index (χ0) is 0. The Hall–Kier alpha value is 3.23. The van der Waals surface area contributed by atoms with Gasteiger partial charge in [0.2, 0.25) is 0 Å². The molecule has 0 fully saturated rings. The van der Waals surface area contributed by atoms with E-state index in [0.29, 0.717) is 0 Å². The monoisotopic (exact) mass is 281 g/mol. The molecule has 3 nitrogen and oxygen atoms in total. The molecule has 0 bridgehead atoms. The van der Waals surface area contributed by atoms with Crippen molar-refractivity contribution < 1.29 is 33.5 Å². The van der Waals surface area contributed by atoms with Gasteiger partial charge in [0.15, 0.2) is 0 Å². The predicted octanol–water partition coefficient (Wildman–Crippen LogP) is -1.12. The summed E-state index contributed by atoms with van der Waals surface area (Å²) in [7, 11) is 0. The zero-order valence-electron chi connectivity index (χ0n) is 3.02. The molecule has 0 unspecified atom stereocenters. The molecule has 0 atom stereocenters. The van der Waals surface area contributed by atoms with E-state index in [1.165, 1.54) is 0 Å². The Morgan fingerprint density at radius 2 is 0.667 bits per heavy atom. The summed E-state index contributed by atoms with van der Waals surface area (Å²) in [4.78, 5) is 0. The molecule has 0 aliphatic heterocycles. The molecule has 0 N–H and O–H groups in total. The molecule has 0 heterocycles. The standard InChI is InChI=1S/Ba.Ca.Mn.3O/q3*+2;3*-2. The fourth-order valence-electron chi connectivity index (χ4n) is 0. The summed E-state index contributed by atoms with van der Waals surface area (Å²) in [6.45, 7) is 0. The predicted molar refractivity (Wildman–Crippen MR) is 13.6 cm³/mol. The fourth-order valence-corrected chi connectivity index (χ4v) is 0. The van der Waals surface area contributed by atoms with Crippen LogP contribution in [0.3, 0.4) is 0 Å². The first-order valence-electron chi connectivity index (χ1n) is 0. The Labute approximate surface area is 117 Å². The van der Waals surface area contributed by atoms with Gasteiger partial charge >= 0.3 is 104 Å². The van der Waals surface area contributed by atoms with Gasteiger partial charge in [-0.15, -0.1) is 0 Å². The van der Waals surface area contributed by atoms with E-state index >= 15 is 0 Å². The molecule has 0 aromatic carbocycles. The van der Waals surface area contributed by atoms with Crippen molar-refractivity contribution in [2.45, 2.75) is 0 Å². The van der Waals surface area contributed by atoms with E-state index in [1.807, 2.05) is 0 Å². The van der Waals surface area contributed by atoms with Crippen LogP contribution in [0.1, 0.15) is 0 Å². The molecule has 0 amide bonds. The summed E-state index contributed by atoms with van der Waals surface area (Å²) in [6, 6.07) is 0. The van der Waals surface area contributed by atoms with Crippen LogP contribution >= 0.6 is 0 Å². The van der Waals surface area contributed by atoms with E-state index in [4.69, 9.17) is 0 Å². The van der Waals surface area contributed by atoms with Gasteiger partial charge in [0.1, 0.15) is 0 Å². The van der Waals surface area contributed by atoms with E-state index in [-0.39, 0.29) is 120 Å². The Kier molecular flexibility index (Phi) is 412. The Morgan fingerprint density at radius 3 is 0.667 bits per heavy atom. The van der Waals surface area contributed by atoms with Gasteiger partial charge in [-0.3, -0.25) is 0 Å². The summed E-state index contributed by atoms with van der Waals surface area (Å²) in [5.74, 6) is 0. The van der Waals surface area contributed by atoms with Gasteiger partial charge in [0.25, 0.3) is 0 Å². The smallest absolute Gasteiger partial charge is 2.00 e. The molecule has 29 valence electrons. The van der Waals surface area contributed by atoms with Crippen molar-refractivity contribution in [1.29, 1.82) is 0 Å². The maximum atomic E-state index is 0. The van der Waals surface area contributed by atoms with Crippen molar-refractivity contribution in [2.24, 2.45) is 0 Å². The largest absolute Gasteiger partial charge is 2.00 e. The molecule has 0 saturated carbocycles. The molecule has 0 aliphatic rings. The second kappa shape index (κ2) is 41.2. The number of rotatable bonds is 0. The Balaban J connectivity index is 0. The average molecular weight is 280 g/mol. The van der Waals surface area contributed by atoms with Crippen LogP contribution < -0.4 is 0 Å². The summed E-state index contributed by atoms with van der Waals surface area (Å²) >= 11 is 0. The first-order chi connectivity index (χ1) is 0. The second-order valence-electron chi connectivity index (χ2n) is 0. The van der Waals surface area contributed by atoms with Crippen LogP contribution in [0.2, 0.25) is 0 Å². The van der Waals surface area contributed by atoms with Crippen LogP contribution in [-0.4, -0.2) is 86.6 Å². The van der Waals surface area contributed by atoms with Gasteiger partial charge < -0.3 is 16.4 Å². The van der Waals surface area contributed by atoms with Crippen molar-refractivity contribution in [3.63, 3.8) is 0 Å². The van der Waals surface area contributed by atoms with Crippen LogP contribution in [0.5, 0.6) is 0 Å². The summed E-state index contributed by atoms with van der Waals surface area (Å²) < 4.78 is 0. The normalized spacial score (nSPS) is 0. The maximum absolute atomic E-state index is 0. The van der Waals surface area contributed by atoms with Crippen molar-refractivity contribution in [3.8, 4) is 0 Å². The Morgan fingerprint density at radius 1 is 0.667 bits per heavy atom. The summed E-state index contributed by atoms with van der Waals surface area (Å²) in [5, 5.41) is 0. The van der Waals surface area contributed by atoms with Gasteiger partial charge in [-0.25, -0.2) is 0 Å². The Bertz CT molecular complexity index is 10.8. The van der Waals surface area contributed by atoms with Gasteiger partial charge in [0.05, 0.1) is 0 Å². The van der Waals surface area contributed by atoms with Crippen LogP contribution in [0, 0.1) is 0 Å². The summed E-state index contributed by atoms with van der Waals surface area (Å²) in [6.07, 6.45) is 0. The fraction of sp³-hybridized carbons (Fsp3) is 0. The van der Waals surface area contributed by atoms with Crippen molar-refractivity contribution >= 4 is 86.6 Å². The third kappa shape index (κ3) is 26.9. The molecule has 6 heteroatoms. The van der Waals surface area contributed by atoms with Gasteiger partial charge in [-0.1, -0.05) is 0 Å². The van der Waals surface area contributed by atoms with Gasteiger partial charge in [0, 0.05) is 0 Å². The molecule has 0 saturated heterocycles. The molecule has 0 rings (SSSR count). The molecule has 6 heavy (non-hydrogen) atoms. The minimum atomic E-state index is 0. The first kappa shape index (κ1) is 59.9. The zero-order valence-corrected chi connectivity index (χ0v) is 10.8. The third-order valence-electron chi connectivity index (χ3n) is 0. The minimum Gasteiger partial charge on any atom is -2.00 e. The molecular formula is BaCaMnO3. The van der Waals surface area contributed by atoms with Crippen LogP contribution in [-0.2, 0) is 33.5 Å². The average Bonchev–Trinajstić information content (AvgIpc) is 0. The number of hydrogen-bond donors (Lipinski definition) is 0. The molecule has 0 spiro atoms. The van der Waals surface area contributed by atoms with E-state index < -0.39 is 0 Å². The van der Waals surface area contributed by atoms with Crippen LogP contribution in [0.25, 0.3) is 0 Å². The quantitative estimate of drug-likeness (QED) is 0.503. The van der Waals surface area contributed by atoms with Crippen molar-refractivity contribution in [1.82, 2.24) is 0 Å².